The SMILES string of the molecule is COC(=C(C)C(N)C(=O)c1ccccc1)c1ccccc1. The Labute approximate surface area is 125 Å². The number of methoxy groups -OCH3 is 1. The number of carbonyl (C=O) groups excluding carboxylic acids is 1. The smallest absolute Gasteiger partial charge is 0.183 e. The molecule has 0 heterocycles. The zero-order valence-electron chi connectivity index (χ0n) is 12.2. The lowest BCUT2D eigenvalue weighted by molar-refractivity contribution is 0.0973. The van der Waals surface area contributed by atoms with E-state index in [1.807, 2.05) is 55.5 Å². The first-order valence-corrected chi connectivity index (χ1v) is 6.80. The summed E-state index contributed by atoms with van der Waals surface area (Å²) >= 11 is 0. The molecule has 0 radical (unpaired) electrons. The molecule has 108 valence electrons. The number of rotatable bonds is 5. The van der Waals surface area contributed by atoms with Crippen molar-refractivity contribution in [2.24, 2.45) is 5.73 Å². The molecule has 0 saturated heterocycles. The highest BCUT2D eigenvalue weighted by atomic mass is 16.5. The monoisotopic (exact) mass is 281 g/mol. The van der Waals surface area contributed by atoms with E-state index in [1.54, 1.807) is 19.2 Å². The van der Waals surface area contributed by atoms with Gasteiger partial charge in [0.1, 0.15) is 5.76 Å². The van der Waals surface area contributed by atoms with Crippen LogP contribution in [0, 0.1) is 0 Å². The van der Waals surface area contributed by atoms with Crippen molar-refractivity contribution >= 4 is 11.5 Å². The van der Waals surface area contributed by atoms with Crippen molar-refractivity contribution < 1.29 is 9.53 Å². The molecule has 1 unspecified atom stereocenters. The minimum atomic E-state index is -0.720. The average Bonchev–Trinajstić information content (AvgIpc) is 2.56. The highest BCUT2D eigenvalue weighted by Gasteiger charge is 2.21. The fraction of sp³-hybridized carbons (Fsp3) is 0.167. The summed E-state index contributed by atoms with van der Waals surface area (Å²) in [4.78, 5) is 12.4. The highest BCUT2D eigenvalue weighted by molar-refractivity contribution is 6.02. The van der Waals surface area contributed by atoms with E-state index in [9.17, 15) is 4.79 Å². The normalized spacial score (nSPS) is 13.3. The topological polar surface area (TPSA) is 52.3 Å². The first-order chi connectivity index (χ1) is 10.1. The molecule has 0 fully saturated rings. The molecule has 1 atom stereocenters. The van der Waals surface area contributed by atoms with E-state index < -0.39 is 6.04 Å². The molecule has 2 aromatic rings. The van der Waals surface area contributed by atoms with Gasteiger partial charge in [-0.2, -0.15) is 0 Å². The lowest BCUT2D eigenvalue weighted by Crippen LogP contribution is -2.32. The maximum absolute atomic E-state index is 12.4. The number of Topliss-reactive ketones (excluding diaryl/α,β-unsaturated/α-hetero) is 1. The Hall–Kier alpha value is -2.39. The molecule has 0 aliphatic heterocycles. The van der Waals surface area contributed by atoms with E-state index in [0.717, 1.165) is 11.1 Å². The van der Waals surface area contributed by atoms with Crippen LogP contribution in [0.25, 0.3) is 5.76 Å². The summed E-state index contributed by atoms with van der Waals surface area (Å²) in [7, 11) is 1.59. The van der Waals surface area contributed by atoms with Gasteiger partial charge >= 0.3 is 0 Å². The third-order valence-electron chi connectivity index (χ3n) is 3.41. The number of nitrogens with two attached hydrogens (primary N) is 1. The van der Waals surface area contributed by atoms with E-state index in [2.05, 4.69) is 0 Å². The average molecular weight is 281 g/mol. The predicted octanol–water partition coefficient (Wildman–Crippen LogP) is 3.27. The molecule has 0 bridgehead atoms. The van der Waals surface area contributed by atoms with Crippen molar-refractivity contribution in [3.05, 3.63) is 77.4 Å². The summed E-state index contributed by atoms with van der Waals surface area (Å²) in [5, 5.41) is 0. The van der Waals surface area contributed by atoms with Crippen LogP contribution in [-0.4, -0.2) is 18.9 Å². The molecule has 2 N–H and O–H groups in total. The maximum Gasteiger partial charge on any atom is 0.183 e. The summed E-state index contributed by atoms with van der Waals surface area (Å²) in [5.41, 5.74) is 8.35. The van der Waals surface area contributed by atoms with Crippen LogP contribution >= 0.6 is 0 Å². The summed E-state index contributed by atoms with van der Waals surface area (Å²) in [6, 6.07) is 18.0. The van der Waals surface area contributed by atoms with Crippen LogP contribution in [0.4, 0.5) is 0 Å². The molecular weight excluding hydrogens is 262 g/mol. The van der Waals surface area contributed by atoms with Crippen LogP contribution in [0.3, 0.4) is 0 Å². The van der Waals surface area contributed by atoms with Gasteiger partial charge in [0.25, 0.3) is 0 Å². The van der Waals surface area contributed by atoms with Gasteiger partial charge in [-0.3, -0.25) is 4.79 Å². The Morgan fingerprint density at radius 3 is 1.90 bits per heavy atom. The van der Waals surface area contributed by atoms with Gasteiger partial charge in [-0.05, 0) is 12.5 Å². The number of benzene rings is 2. The Morgan fingerprint density at radius 1 is 0.952 bits per heavy atom. The van der Waals surface area contributed by atoms with E-state index in [4.69, 9.17) is 10.5 Å². The van der Waals surface area contributed by atoms with Crippen molar-refractivity contribution in [3.8, 4) is 0 Å². The molecule has 21 heavy (non-hydrogen) atoms. The summed E-state index contributed by atoms with van der Waals surface area (Å²) < 4.78 is 5.45. The Bertz CT molecular complexity index is 633. The Kier molecular flexibility index (Phi) is 4.90. The lowest BCUT2D eigenvalue weighted by atomic mass is 9.96. The summed E-state index contributed by atoms with van der Waals surface area (Å²) in [6.07, 6.45) is 0. The molecule has 2 aromatic carbocycles. The van der Waals surface area contributed by atoms with Gasteiger partial charge in [0, 0.05) is 11.1 Å². The van der Waals surface area contributed by atoms with E-state index in [0.29, 0.717) is 11.3 Å². The zero-order valence-corrected chi connectivity index (χ0v) is 12.2. The number of ketones is 1. The largest absolute Gasteiger partial charge is 0.496 e. The first-order valence-electron chi connectivity index (χ1n) is 6.80. The van der Waals surface area contributed by atoms with E-state index >= 15 is 0 Å². The predicted molar refractivity (Wildman–Crippen MR) is 84.8 cm³/mol. The van der Waals surface area contributed by atoms with Gasteiger partial charge in [0.2, 0.25) is 0 Å². The summed E-state index contributed by atoms with van der Waals surface area (Å²) in [5.74, 6) is 0.533. The van der Waals surface area contributed by atoms with Crippen LogP contribution in [0.15, 0.2) is 66.2 Å². The Balaban J connectivity index is 2.34. The number of hydrogen-bond acceptors (Lipinski definition) is 3. The fourth-order valence-electron chi connectivity index (χ4n) is 2.22. The van der Waals surface area contributed by atoms with Crippen LogP contribution in [0.5, 0.6) is 0 Å². The minimum absolute atomic E-state index is 0.112. The Morgan fingerprint density at radius 2 is 1.43 bits per heavy atom. The van der Waals surface area contributed by atoms with Gasteiger partial charge in [-0.15, -0.1) is 0 Å². The molecule has 0 saturated carbocycles. The van der Waals surface area contributed by atoms with Crippen molar-refractivity contribution in [2.75, 3.05) is 7.11 Å². The second-order valence-corrected chi connectivity index (χ2v) is 4.79. The zero-order chi connectivity index (χ0) is 15.2. The molecule has 3 heteroatoms. The van der Waals surface area contributed by atoms with Gasteiger partial charge in [0.05, 0.1) is 13.2 Å². The van der Waals surface area contributed by atoms with Crippen LogP contribution < -0.4 is 5.73 Å². The molecule has 0 spiro atoms. The van der Waals surface area contributed by atoms with Crippen LogP contribution in [-0.2, 0) is 4.74 Å². The van der Waals surface area contributed by atoms with Crippen molar-refractivity contribution in [2.45, 2.75) is 13.0 Å². The van der Waals surface area contributed by atoms with Gasteiger partial charge in [-0.1, -0.05) is 60.7 Å². The third-order valence-corrected chi connectivity index (χ3v) is 3.41. The molecule has 2 rings (SSSR count). The molecule has 3 nitrogen and oxygen atoms in total. The number of hydrogen-bond donors (Lipinski definition) is 1. The fourth-order valence-corrected chi connectivity index (χ4v) is 2.22. The summed E-state index contributed by atoms with van der Waals surface area (Å²) in [6.45, 7) is 1.83. The lowest BCUT2D eigenvalue weighted by Gasteiger charge is -2.16. The third kappa shape index (κ3) is 3.38. The second-order valence-electron chi connectivity index (χ2n) is 4.79. The first kappa shape index (κ1) is 15.0. The van der Waals surface area contributed by atoms with Crippen LogP contribution in [0.1, 0.15) is 22.8 Å². The molecule has 0 aromatic heterocycles. The van der Waals surface area contributed by atoms with Crippen LogP contribution in [0.2, 0.25) is 0 Å². The number of carbonyl (C=O) groups is 1. The minimum Gasteiger partial charge on any atom is -0.496 e. The van der Waals surface area contributed by atoms with Crippen molar-refractivity contribution in [1.29, 1.82) is 0 Å². The second kappa shape index (κ2) is 6.86. The maximum atomic E-state index is 12.4. The molecule has 0 aliphatic carbocycles. The molecular formula is C18H19NO2. The van der Waals surface area contributed by atoms with Crippen molar-refractivity contribution in [1.82, 2.24) is 0 Å². The number of ether oxygens (including phenoxy) is 1. The standard InChI is InChI=1S/C18H19NO2/c1-13(18(21-2)15-11-7-4-8-12-15)16(19)17(20)14-9-5-3-6-10-14/h3-12,16H,19H2,1-2H3. The van der Waals surface area contributed by atoms with Gasteiger partial charge < -0.3 is 10.5 Å². The van der Waals surface area contributed by atoms with Gasteiger partial charge in [0.15, 0.2) is 5.78 Å². The highest BCUT2D eigenvalue weighted by Crippen LogP contribution is 2.22. The van der Waals surface area contributed by atoms with Gasteiger partial charge in [-0.25, -0.2) is 0 Å². The van der Waals surface area contributed by atoms with Crippen molar-refractivity contribution in [3.63, 3.8) is 0 Å². The molecule has 0 amide bonds. The quantitative estimate of drug-likeness (QED) is 0.676. The molecule has 0 aliphatic rings. The van der Waals surface area contributed by atoms with E-state index in [-0.39, 0.29) is 5.78 Å². The van der Waals surface area contributed by atoms with E-state index in [1.165, 1.54) is 0 Å².